The van der Waals surface area contributed by atoms with E-state index in [2.05, 4.69) is 5.32 Å². The number of hydrogen-bond acceptors (Lipinski definition) is 4. The van der Waals surface area contributed by atoms with Gasteiger partial charge in [-0.25, -0.2) is 0 Å². The van der Waals surface area contributed by atoms with Crippen molar-refractivity contribution in [3.63, 3.8) is 0 Å². The average Bonchev–Trinajstić information content (AvgIpc) is 2.56. The molecule has 4 nitrogen and oxygen atoms in total. The Balaban J connectivity index is 2.08. The van der Waals surface area contributed by atoms with Crippen molar-refractivity contribution in [3.05, 3.63) is 59.7 Å². The molecule has 0 radical (unpaired) electrons. The van der Waals surface area contributed by atoms with Crippen LogP contribution in [-0.4, -0.2) is 25.9 Å². The minimum Gasteiger partial charge on any atom is -0.497 e. The third-order valence-corrected chi connectivity index (χ3v) is 3.42. The molecule has 0 spiro atoms. The molecule has 0 aliphatic carbocycles. The number of methoxy groups -OCH3 is 2. The van der Waals surface area contributed by atoms with Crippen molar-refractivity contribution in [2.75, 3.05) is 20.8 Å². The lowest BCUT2D eigenvalue weighted by Gasteiger charge is -2.18. The predicted molar refractivity (Wildman–Crippen MR) is 82.7 cm³/mol. The fourth-order valence-electron chi connectivity index (χ4n) is 2.20. The second kappa shape index (κ2) is 7.67. The monoisotopic (exact) mass is 287 g/mol. The van der Waals surface area contributed by atoms with Crippen LogP contribution in [-0.2, 0) is 6.54 Å². The van der Waals surface area contributed by atoms with Gasteiger partial charge in [-0.15, -0.1) is 0 Å². The van der Waals surface area contributed by atoms with Crippen LogP contribution in [0.25, 0.3) is 0 Å². The second-order valence-electron chi connectivity index (χ2n) is 4.70. The first-order chi connectivity index (χ1) is 10.3. The van der Waals surface area contributed by atoms with Crippen LogP contribution in [0.3, 0.4) is 0 Å². The summed E-state index contributed by atoms with van der Waals surface area (Å²) in [7, 11) is 3.27. The van der Waals surface area contributed by atoms with Gasteiger partial charge < -0.3 is 19.9 Å². The number of hydrogen-bond donors (Lipinski definition) is 2. The average molecular weight is 287 g/mol. The summed E-state index contributed by atoms with van der Waals surface area (Å²) >= 11 is 0. The van der Waals surface area contributed by atoms with Crippen LogP contribution in [0.2, 0.25) is 0 Å². The van der Waals surface area contributed by atoms with E-state index in [1.54, 1.807) is 14.2 Å². The van der Waals surface area contributed by atoms with Crippen molar-refractivity contribution in [1.29, 1.82) is 0 Å². The Morgan fingerprint density at radius 3 is 2.43 bits per heavy atom. The van der Waals surface area contributed by atoms with Gasteiger partial charge in [-0.05, 0) is 11.6 Å². The molecule has 2 rings (SSSR count). The number of aliphatic hydroxyl groups excluding tert-OH is 1. The highest BCUT2D eigenvalue weighted by Gasteiger charge is 2.11. The molecule has 2 aromatic rings. The fourth-order valence-corrected chi connectivity index (χ4v) is 2.20. The molecule has 0 aliphatic heterocycles. The van der Waals surface area contributed by atoms with E-state index >= 15 is 0 Å². The highest BCUT2D eigenvalue weighted by Crippen LogP contribution is 2.25. The van der Waals surface area contributed by atoms with Gasteiger partial charge in [0.15, 0.2) is 0 Å². The van der Waals surface area contributed by atoms with E-state index in [-0.39, 0.29) is 12.6 Å². The third kappa shape index (κ3) is 3.97. The lowest BCUT2D eigenvalue weighted by atomic mass is 10.1. The van der Waals surface area contributed by atoms with Crippen LogP contribution < -0.4 is 14.8 Å². The molecule has 0 saturated carbocycles. The Hall–Kier alpha value is -2.04. The van der Waals surface area contributed by atoms with Crippen LogP contribution >= 0.6 is 0 Å². The summed E-state index contributed by atoms with van der Waals surface area (Å²) in [6, 6.07) is 15.5. The Morgan fingerprint density at radius 1 is 1.05 bits per heavy atom. The largest absolute Gasteiger partial charge is 0.497 e. The number of benzene rings is 2. The van der Waals surface area contributed by atoms with Crippen molar-refractivity contribution in [3.8, 4) is 11.5 Å². The van der Waals surface area contributed by atoms with E-state index in [1.807, 2.05) is 48.5 Å². The van der Waals surface area contributed by atoms with Gasteiger partial charge in [0.1, 0.15) is 11.5 Å². The fraction of sp³-hybridized carbons (Fsp3) is 0.294. The zero-order valence-corrected chi connectivity index (χ0v) is 12.4. The van der Waals surface area contributed by atoms with Gasteiger partial charge in [-0.1, -0.05) is 36.4 Å². The van der Waals surface area contributed by atoms with Crippen molar-refractivity contribution < 1.29 is 14.6 Å². The van der Waals surface area contributed by atoms with Crippen LogP contribution in [0.15, 0.2) is 48.5 Å². The maximum absolute atomic E-state index is 9.55. The Morgan fingerprint density at radius 2 is 1.81 bits per heavy atom. The Bertz CT molecular complexity index is 557. The minimum atomic E-state index is -0.0991. The van der Waals surface area contributed by atoms with Gasteiger partial charge >= 0.3 is 0 Å². The van der Waals surface area contributed by atoms with Crippen LogP contribution in [0.5, 0.6) is 11.5 Å². The van der Waals surface area contributed by atoms with Crippen molar-refractivity contribution >= 4 is 0 Å². The zero-order chi connectivity index (χ0) is 15.1. The molecule has 1 atom stereocenters. The number of nitrogens with one attached hydrogen (secondary N) is 1. The Kier molecular flexibility index (Phi) is 5.60. The van der Waals surface area contributed by atoms with Crippen LogP contribution in [0.4, 0.5) is 0 Å². The summed E-state index contributed by atoms with van der Waals surface area (Å²) in [6.07, 6.45) is 0. The molecule has 21 heavy (non-hydrogen) atoms. The normalized spacial score (nSPS) is 12.0. The molecule has 0 aliphatic rings. The molecule has 0 bridgehead atoms. The third-order valence-electron chi connectivity index (χ3n) is 3.42. The van der Waals surface area contributed by atoms with E-state index in [0.717, 1.165) is 22.6 Å². The van der Waals surface area contributed by atoms with Crippen molar-refractivity contribution in [1.82, 2.24) is 5.32 Å². The molecule has 1 unspecified atom stereocenters. The summed E-state index contributed by atoms with van der Waals surface area (Å²) in [4.78, 5) is 0. The number of aliphatic hydroxyl groups is 1. The van der Waals surface area contributed by atoms with Gasteiger partial charge in [0.25, 0.3) is 0 Å². The molecule has 2 N–H and O–H groups in total. The highest BCUT2D eigenvalue weighted by atomic mass is 16.5. The molecule has 0 fully saturated rings. The number of ether oxygens (including phenoxy) is 2. The van der Waals surface area contributed by atoms with Crippen molar-refractivity contribution in [2.24, 2.45) is 0 Å². The zero-order valence-electron chi connectivity index (χ0n) is 12.4. The van der Waals surface area contributed by atoms with Gasteiger partial charge in [-0.2, -0.15) is 0 Å². The molecule has 0 aromatic heterocycles. The van der Waals surface area contributed by atoms with Crippen molar-refractivity contribution in [2.45, 2.75) is 12.6 Å². The lowest BCUT2D eigenvalue weighted by Crippen LogP contribution is -2.24. The maximum atomic E-state index is 9.55. The number of rotatable bonds is 7. The van der Waals surface area contributed by atoms with Gasteiger partial charge in [0.2, 0.25) is 0 Å². The first kappa shape index (κ1) is 15.4. The van der Waals surface area contributed by atoms with E-state index in [4.69, 9.17) is 9.47 Å². The molecule has 0 heterocycles. The second-order valence-corrected chi connectivity index (χ2v) is 4.70. The maximum Gasteiger partial charge on any atom is 0.127 e. The molecule has 112 valence electrons. The highest BCUT2D eigenvalue weighted by molar-refractivity contribution is 5.40. The summed E-state index contributed by atoms with van der Waals surface area (Å²) in [6.45, 7) is 0.649. The topological polar surface area (TPSA) is 50.7 Å². The molecular formula is C17H21NO3. The summed E-state index contributed by atoms with van der Waals surface area (Å²) in [5.74, 6) is 1.53. The molecule has 0 amide bonds. The summed E-state index contributed by atoms with van der Waals surface area (Å²) < 4.78 is 10.6. The first-order valence-electron chi connectivity index (χ1n) is 6.88. The van der Waals surface area contributed by atoms with Gasteiger partial charge in [0, 0.05) is 18.2 Å². The van der Waals surface area contributed by atoms with Crippen LogP contribution in [0.1, 0.15) is 17.2 Å². The molecule has 2 aromatic carbocycles. The van der Waals surface area contributed by atoms with E-state index in [9.17, 15) is 5.11 Å². The molecular weight excluding hydrogens is 266 g/mol. The van der Waals surface area contributed by atoms with Crippen LogP contribution in [0, 0.1) is 0 Å². The quantitative estimate of drug-likeness (QED) is 0.821. The molecule has 4 heteroatoms. The summed E-state index contributed by atoms with van der Waals surface area (Å²) in [5.41, 5.74) is 2.08. The van der Waals surface area contributed by atoms with E-state index < -0.39 is 0 Å². The SMILES string of the molecule is COc1ccc(CNC(CO)c2ccccc2)c(OC)c1. The van der Waals surface area contributed by atoms with E-state index in [1.165, 1.54) is 0 Å². The Labute approximate surface area is 125 Å². The van der Waals surface area contributed by atoms with E-state index in [0.29, 0.717) is 6.54 Å². The minimum absolute atomic E-state index is 0.0441. The first-order valence-corrected chi connectivity index (χ1v) is 6.88. The van der Waals surface area contributed by atoms with Gasteiger partial charge in [-0.3, -0.25) is 0 Å². The summed E-state index contributed by atoms with van der Waals surface area (Å²) in [5, 5.41) is 12.9. The molecule has 0 saturated heterocycles. The standard InChI is InChI=1S/C17H21NO3/c1-20-15-9-8-14(17(10-15)21-2)11-18-16(12-19)13-6-4-3-5-7-13/h3-10,16,18-19H,11-12H2,1-2H3. The predicted octanol–water partition coefficient (Wildman–Crippen LogP) is 2.53. The van der Waals surface area contributed by atoms with Gasteiger partial charge in [0.05, 0.1) is 26.9 Å². The smallest absolute Gasteiger partial charge is 0.127 e. The lowest BCUT2D eigenvalue weighted by molar-refractivity contribution is 0.243.